The zero-order valence-electron chi connectivity index (χ0n) is 9.57. The van der Waals surface area contributed by atoms with Gasteiger partial charge < -0.3 is 14.7 Å². The summed E-state index contributed by atoms with van der Waals surface area (Å²) < 4.78 is 4.89. The number of ether oxygens (including phenoxy) is 1. The summed E-state index contributed by atoms with van der Waals surface area (Å²) in [5.74, 6) is -0.327. The smallest absolute Gasteiger partial charge is 0.354 e. The monoisotopic (exact) mass is 230 g/mol. The zero-order valence-corrected chi connectivity index (χ0v) is 9.57. The maximum atomic E-state index is 11.4. The van der Waals surface area contributed by atoms with Crippen molar-refractivity contribution in [3.63, 3.8) is 0 Å². The largest absolute Gasteiger partial charge is 0.461 e. The maximum absolute atomic E-state index is 11.4. The molecule has 2 rings (SSSR count). The molecule has 0 spiro atoms. The number of rotatable bonds is 4. The second-order valence-electron chi connectivity index (χ2n) is 3.53. The third kappa shape index (κ3) is 2.87. The molecule has 0 aliphatic rings. The van der Waals surface area contributed by atoms with Gasteiger partial charge in [0.2, 0.25) is 0 Å². The highest BCUT2D eigenvalue weighted by atomic mass is 16.5. The molecular formula is C13H14N2O2. The SMILES string of the molecule is CCOC(=O)c1cc(/C=C/c2ccc[nH]2)c[nH]1. The number of hydrogen-bond donors (Lipinski definition) is 2. The van der Waals surface area contributed by atoms with Crippen LogP contribution in [0.5, 0.6) is 0 Å². The van der Waals surface area contributed by atoms with Crippen LogP contribution < -0.4 is 0 Å². The third-order valence-corrected chi connectivity index (χ3v) is 2.28. The van der Waals surface area contributed by atoms with Crippen LogP contribution in [0.3, 0.4) is 0 Å². The van der Waals surface area contributed by atoms with Gasteiger partial charge in [-0.2, -0.15) is 0 Å². The number of carbonyl (C=O) groups excluding carboxylic acids is 1. The zero-order chi connectivity index (χ0) is 12.1. The molecule has 2 aromatic heterocycles. The molecule has 0 aromatic carbocycles. The lowest BCUT2D eigenvalue weighted by Gasteiger charge is -1.96. The summed E-state index contributed by atoms with van der Waals surface area (Å²) in [5.41, 5.74) is 2.42. The number of nitrogens with one attached hydrogen (secondary N) is 2. The molecule has 2 N–H and O–H groups in total. The fourth-order valence-corrected chi connectivity index (χ4v) is 1.47. The molecular weight excluding hydrogens is 216 g/mol. The second kappa shape index (κ2) is 5.21. The lowest BCUT2D eigenvalue weighted by atomic mass is 10.2. The van der Waals surface area contributed by atoms with Gasteiger partial charge in [-0.25, -0.2) is 4.79 Å². The Hall–Kier alpha value is -2.23. The van der Waals surface area contributed by atoms with Crippen molar-refractivity contribution in [1.82, 2.24) is 9.97 Å². The van der Waals surface area contributed by atoms with Crippen molar-refractivity contribution in [1.29, 1.82) is 0 Å². The van der Waals surface area contributed by atoms with Gasteiger partial charge >= 0.3 is 5.97 Å². The van der Waals surface area contributed by atoms with Gasteiger partial charge in [-0.15, -0.1) is 0 Å². The predicted molar refractivity (Wildman–Crippen MR) is 66.5 cm³/mol. The van der Waals surface area contributed by atoms with Crippen LogP contribution in [-0.4, -0.2) is 22.5 Å². The van der Waals surface area contributed by atoms with E-state index in [4.69, 9.17) is 4.74 Å². The van der Waals surface area contributed by atoms with Gasteiger partial charge in [0, 0.05) is 18.1 Å². The molecule has 0 saturated heterocycles. The van der Waals surface area contributed by atoms with Gasteiger partial charge in [0.15, 0.2) is 0 Å². The highest BCUT2D eigenvalue weighted by molar-refractivity contribution is 5.88. The van der Waals surface area contributed by atoms with E-state index in [-0.39, 0.29) is 5.97 Å². The molecule has 0 saturated carbocycles. The minimum Gasteiger partial charge on any atom is -0.461 e. The lowest BCUT2D eigenvalue weighted by molar-refractivity contribution is 0.0520. The minimum atomic E-state index is -0.327. The topological polar surface area (TPSA) is 57.9 Å². The molecule has 2 aromatic rings. The first-order valence-corrected chi connectivity index (χ1v) is 5.46. The van der Waals surface area contributed by atoms with E-state index in [1.807, 2.05) is 30.5 Å². The summed E-state index contributed by atoms with van der Waals surface area (Å²) >= 11 is 0. The van der Waals surface area contributed by atoms with Gasteiger partial charge in [0.25, 0.3) is 0 Å². The van der Waals surface area contributed by atoms with Crippen LogP contribution in [0.2, 0.25) is 0 Å². The average Bonchev–Trinajstić information content (AvgIpc) is 2.98. The van der Waals surface area contributed by atoms with Gasteiger partial charge in [-0.05, 0) is 36.8 Å². The van der Waals surface area contributed by atoms with Crippen LogP contribution in [-0.2, 0) is 4.74 Å². The van der Waals surface area contributed by atoms with E-state index in [1.165, 1.54) is 0 Å². The van der Waals surface area contributed by atoms with E-state index in [9.17, 15) is 4.79 Å². The van der Waals surface area contributed by atoms with E-state index in [2.05, 4.69) is 9.97 Å². The first kappa shape index (κ1) is 11.3. The van der Waals surface area contributed by atoms with Crippen LogP contribution in [0.1, 0.15) is 28.7 Å². The molecule has 0 unspecified atom stereocenters. The summed E-state index contributed by atoms with van der Waals surface area (Å²) in [6.07, 6.45) is 7.50. The van der Waals surface area contributed by atoms with Crippen LogP contribution in [0, 0.1) is 0 Å². The Morgan fingerprint density at radius 3 is 3.00 bits per heavy atom. The highest BCUT2D eigenvalue weighted by Gasteiger charge is 2.07. The molecule has 17 heavy (non-hydrogen) atoms. The maximum Gasteiger partial charge on any atom is 0.354 e. The number of hydrogen-bond acceptors (Lipinski definition) is 2. The summed E-state index contributed by atoms with van der Waals surface area (Å²) in [6, 6.07) is 5.66. The molecule has 88 valence electrons. The number of aromatic amines is 2. The lowest BCUT2D eigenvalue weighted by Crippen LogP contribution is -2.04. The molecule has 0 atom stereocenters. The van der Waals surface area contributed by atoms with E-state index in [0.29, 0.717) is 12.3 Å². The van der Waals surface area contributed by atoms with Gasteiger partial charge in [0.05, 0.1) is 6.61 Å². The van der Waals surface area contributed by atoms with Crippen molar-refractivity contribution >= 4 is 18.1 Å². The van der Waals surface area contributed by atoms with Crippen molar-refractivity contribution in [2.75, 3.05) is 6.61 Å². The van der Waals surface area contributed by atoms with Crippen molar-refractivity contribution in [2.45, 2.75) is 6.92 Å². The molecule has 0 aliphatic carbocycles. The summed E-state index contributed by atoms with van der Waals surface area (Å²) in [7, 11) is 0. The first-order valence-electron chi connectivity index (χ1n) is 5.46. The third-order valence-electron chi connectivity index (χ3n) is 2.28. The molecule has 0 fully saturated rings. The Kier molecular flexibility index (Phi) is 3.45. The van der Waals surface area contributed by atoms with Crippen molar-refractivity contribution in [3.8, 4) is 0 Å². The van der Waals surface area contributed by atoms with Crippen molar-refractivity contribution < 1.29 is 9.53 Å². The fraction of sp³-hybridized carbons (Fsp3) is 0.154. The van der Waals surface area contributed by atoms with Gasteiger partial charge in [-0.1, -0.05) is 6.08 Å². The Morgan fingerprint density at radius 2 is 2.29 bits per heavy atom. The molecule has 0 aliphatic heterocycles. The van der Waals surface area contributed by atoms with Gasteiger partial charge in [0.1, 0.15) is 5.69 Å². The number of carbonyl (C=O) groups is 1. The normalized spacial score (nSPS) is 10.9. The van der Waals surface area contributed by atoms with E-state index in [0.717, 1.165) is 11.3 Å². The fourth-order valence-electron chi connectivity index (χ4n) is 1.47. The second-order valence-corrected chi connectivity index (χ2v) is 3.53. The van der Waals surface area contributed by atoms with Crippen LogP contribution in [0.15, 0.2) is 30.6 Å². The summed E-state index contributed by atoms with van der Waals surface area (Å²) in [5, 5.41) is 0. The Balaban J connectivity index is 2.06. The molecule has 4 nitrogen and oxygen atoms in total. The van der Waals surface area contributed by atoms with Gasteiger partial charge in [-0.3, -0.25) is 0 Å². The summed E-state index contributed by atoms with van der Waals surface area (Å²) in [6.45, 7) is 2.17. The molecule has 0 amide bonds. The van der Waals surface area contributed by atoms with Crippen LogP contribution >= 0.6 is 0 Å². The predicted octanol–water partition coefficient (Wildman–Crippen LogP) is 2.69. The Morgan fingerprint density at radius 1 is 1.41 bits per heavy atom. The van der Waals surface area contributed by atoms with E-state index < -0.39 is 0 Å². The summed E-state index contributed by atoms with van der Waals surface area (Å²) in [4.78, 5) is 17.4. The number of esters is 1. The number of H-pyrrole nitrogens is 2. The molecule has 2 heterocycles. The van der Waals surface area contributed by atoms with Crippen LogP contribution in [0.4, 0.5) is 0 Å². The van der Waals surface area contributed by atoms with E-state index in [1.54, 1.807) is 19.2 Å². The average molecular weight is 230 g/mol. The molecule has 0 bridgehead atoms. The van der Waals surface area contributed by atoms with E-state index >= 15 is 0 Å². The standard InChI is InChI=1S/C13H14N2O2/c1-2-17-13(16)12-8-10(9-15-12)5-6-11-4-3-7-14-11/h3-9,14-15H,2H2,1H3/b6-5+. The first-order chi connectivity index (χ1) is 8.29. The minimum absolute atomic E-state index is 0.327. The molecule has 0 radical (unpaired) electrons. The number of aromatic nitrogens is 2. The Bertz CT molecular complexity index is 509. The van der Waals surface area contributed by atoms with Crippen molar-refractivity contribution in [3.05, 3.63) is 47.5 Å². The van der Waals surface area contributed by atoms with Crippen LogP contribution in [0.25, 0.3) is 12.2 Å². The van der Waals surface area contributed by atoms with Crippen molar-refractivity contribution in [2.24, 2.45) is 0 Å². The molecule has 4 heteroatoms. The highest BCUT2D eigenvalue weighted by Crippen LogP contribution is 2.09. The quantitative estimate of drug-likeness (QED) is 0.793. The Labute approximate surface area is 99.3 Å².